The van der Waals surface area contributed by atoms with Crippen molar-refractivity contribution in [1.29, 1.82) is 0 Å². The average molecular weight is 340 g/mol. The number of carbonyl (C=O) groups excluding carboxylic acids is 1. The standard InChI is InChI=1S/C17H16ClF2NO2/c1-3-16(23-12-5-6-13(18)10(2)8-12)17(22)21-11-4-7-14(19)15(20)9-11/h4-9,16H,3H2,1-2H3,(H,21,22). The molecule has 0 aliphatic carbocycles. The van der Waals surface area contributed by atoms with Gasteiger partial charge < -0.3 is 10.1 Å². The molecule has 0 bridgehead atoms. The number of halogens is 3. The lowest BCUT2D eigenvalue weighted by molar-refractivity contribution is -0.122. The fourth-order valence-corrected chi connectivity index (χ4v) is 2.09. The van der Waals surface area contributed by atoms with Gasteiger partial charge in [-0.1, -0.05) is 18.5 Å². The lowest BCUT2D eigenvalue weighted by atomic mass is 10.2. The number of rotatable bonds is 5. The Balaban J connectivity index is 2.08. The van der Waals surface area contributed by atoms with Gasteiger partial charge in [-0.15, -0.1) is 0 Å². The minimum Gasteiger partial charge on any atom is -0.481 e. The molecule has 1 unspecified atom stereocenters. The first-order chi connectivity index (χ1) is 10.9. The predicted octanol–water partition coefficient (Wildman–Crippen LogP) is 4.72. The van der Waals surface area contributed by atoms with Gasteiger partial charge in [-0.2, -0.15) is 0 Å². The zero-order chi connectivity index (χ0) is 17.0. The molecule has 2 rings (SSSR count). The second-order valence-electron chi connectivity index (χ2n) is 5.04. The summed E-state index contributed by atoms with van der Waals surface area (Å²) in [5, 5.41) is 3.12. The Labute approximate surface area is 138 Å². The maximum atomic E-state index is 13.2. The highest BCUT2D eigenvalue weighted by atomic mass is 35.5. The smallest absolute Gasteiger partial charge is 0.265 e. The number of amides is 1. The molecule has 23 heavy (non-hydrogen) atoms. The fraction of sp³-hybridized carbons (Fsp3) is 0.235. The number of nitrogens with one attached hydrogen (secondary N) is 1. The molecule has 3 nitrogen and oxygen atoms in total. The molecule has 122 valence electrons. The summed E-state index contributed by atoms with van der Waals surface area (Å²) in [7, 11) is 0. The average Bonchev–Trinajstić information content (AvgIpc) is 2.52. The van der Waals surface area contributed by atoms with Gasteiger partial charge in [0, 0.05) is 16.8 Å². The van der Waals surface area contributed by atoms with E-state index in [1.165, 1.54) is 6.07 Å². The SMILES string of the molecule is CCC(Oc1ccc(Cl)c(C)c1)C(=O)Nc1ccc(F)c(F)c1. The number of hydrogen-bond donors (Lipinski definition) is 1. The van der Waals surface area contributed by atoms with Crippen LogP contribution in [0.3, 0.4) is 0 Å². The Hall–Kier alpha value is -2.14. The fourth-order valence-electron chi connectivity index (χ4n) is 1.97. The second kappa shape index (κ2) is 7.42. The number of ether oxygens (including phenoxy) is 1. The van der Waals surface area contributed by atoms with E-state index in [1.54, 1.807) is 25.1 Å². The predicted molar refractivity (Wildman–Crippen MR) is 85.9 cm³/mol. The van der Waals surface area contributed by atoms with Crippen LogP contribution in [0.5, 0.6) is 5.75 Å². The number of aryl methyl sites for hydroxylation is 1. The van der Waals surface area contributed by atoms with Crippen molar-refractivity contribution in [3.8, 4) is 5.75 Å². The number of carbonyl (C=O) groups is 1. The normalized spacial score (nSPS) is 11.9. The van der Waals surface area contributed by atoms with Crippen molar-refractivity contribution in [3.63, 3.8) is 0 Å². The zero-order valence-electron chi connectivity index (χ0n) is 12.7. The maximum absolute atomic E-state index is 13.2. The molecule has 1 amide bonds. The van der Waals surface area contributed by atoms with E-state index >= 15 is 0 Å². The molecule has 0 aliphatic heterocycles. The van der Waals surface area contributed by atoms with Crippen LogP contribution < -0.4 is 10.1 Å². The van der Waals surface area contributed by atoms with Crippen LogP contribution in [0, 0.1) is 18.6 Å². The van der Waals surface area contributed by atoms with Crippen LogP contribution in [0.2, 0.25) is 5.02 Å². The monoisotopic (exact) mass is 339 g/mol. The van der Waals surface area contributed by atoms with Crippen molar-refractivity contribution in [2.75, 3.05) is 5.32 Å². The van der Waals surface area contributed by atoms with Gasteiger partial charge in [-0.25, -0.2) is 8.78 Å². The summed E-state index contributed by atoms with van der Waals surface area (Å²) in [5.41, 5.74) is 1.00. The molecule has 0 saturated carbocycles. The first-order valence-electron chi connectivity index (χ1n) is 7.09. The van der Waals surface area contributed by atoms with Gasteiger partial charge >= 0.3 is 0 Å². The molecule has 0 spiro atoms. The van der Waals surface area contributed by atoms with E-state index in [0.717, 1.165) is 17.7 Å². The summed E-state index contributed by atoms with van der Waals surface area (Å²) in [6.45, 7) is 3.62. The molecule has 2 aromatic rings. The first kappa shape index (κ1) is 17.2. The van der Waals surface area contributed by atoms with Gasteiger partial charge in [0.2, 0.25) is 0 Å². The molecule has 6 heteroatoms. The van der Waals surface area contributed by atoms with Crippen molar-refractivity contribution in [2.45, 2.75) is 26.4 Å². The third kappa shape index (κ3) is 4.42. The molecule has 0 heterocycles. The van der Waals surface area contributed by atoms with E-state index < -0.39 is 23.6 Å². The van der Waals surface area contributed by atoms with E-state index in [9.17, 15) is 13.6 Å². The Bertz CT molecular complexity index is 722. The van der Waals surface area contributed by atoms with E-state index in [2.05, 4.69) is 5.32 Å². The summed E-state index contributed by atoms with van der Waals surface area (Å²) in [4.78, 5) is 12.2. The Kier molecular flexibility index (Phi) is 5.55. The first-order valence-corrected chi connectivity index (χ1v) is 7.47. The van der Waals surface area contributed by atoms with Crippen LogP contribution in [-0.2, 0) is 4.79 Å². The lowest BCUT2D eigenvalue weighted by Gasteiger charge is -2.18. The molecule has 0 fully saturated rings. The van der Waals surface area contributed by atoms with Crippen LogP contribution in [0.1, 0.15) is 18.9 Å². The van der Waals surface area contributed by atoms with Crippen LogP contribution in [0.25, 0.3) is 0 Å². The lowest BCUT2D eigenvalue weighted by Crippen LogP contribution is -2.32. The van der Waals surface area contributed by atoms with Crippen molar-refractivity contribution in [3.05, 3.63) is 58.6 Å². The van der Waals surface area contributed by atoms with E-state index in [-0.39, 0.29) is 5.69 Å². The van der Waals surface area contributed by atoms with Gasteiger partial charge in [0.15, 0.2) is 17.7 Å². The number of hydrogen-bond acceptors (Lipinski definition) is 2. The number of anilines is 1. The Morgan fingerprint density at radius 1 is 1.22 bits per heavy atom. The summed E-state index contributed by atoms with van der Waals surface area (Å²) < 4.78 is 31.7. The molecule has 1 atom stereocenters. The molecular formula is C17H16ClF2NO2. The van der Waals surface area contributed by atoms with Gasteiger partial charge in [0.25, 0.3) is 5.91 Å². The van der Waals surface area contributed by atoms with Crippen LogP contribution in [0.15, 0.2) is 36.4 Å². The van der Waals surface area contributed by atoms with Crippen molar-refractivity contribution in [1.82, 2.24) is 0 Å². The molecular weight excluding hydrogens is 324 g/mol. The molecule has 0 saturated heterocycles. The number of benzene rings is 2. The molecule has 0 radical (unpaired) electrons. The Morgan fingerprint density at radius 3 is 2.57 bits per heavy atom. The second-order valence-corrected chi connectivity index (χ2v) is 5.45. The molecule has 2 aromatic carbocycles. The Morgan fingerprint density at radius 2 is 1.96 bits per heavy atom. The van der Waals surface area contributed by atoms with Crippen molar-refractivity contribution in [2.24, 2.45) is 0 Å². The highest BCUT2D eigenvalue weighted by Crippen LogP contribution is 2.23. The molecule has 0 aliphatic rings. The quantitative estimate of drug-likeness (QED) is 0.855. The van der Waals surface area contributed by atoms with Gasteiger partial charge in [0.05, 0.1) is 0 Å². The van der Waals surface area contributed by atoms with Crippen LogP contribution in [0.4, 0.5) is 14.5 Å². The molecule has 1 N–H and O–H groups in total. The highest BCUT2D eigenvalue weighted by molar-refractivity contribution is 6.31. The highest BCUT2D eigenvalue weighted by Gasteiger charge is 2.19. The summed E-state index contributed by atoms with van der Waals surface area (Å²) in [5.74, 6) is -1.92. The van der Waals surface area contributed by atoms with Crippen LogP contribution in [-0.4, -0.2) is 12.0 Å². The van der Waals surface area contributed by atoms with Gasteiger partial charge in [0.1, 0.15) is 5.75 Å². The van der Waals surface area contributed by atoms with Crippen LogP contribution >= 0.6 is 11.6 Å². The van der Waals surface area contributed by atoms with E-state index in [0.29, 0.717) is 17.2 Å². The third-order valence-electron chi connectivity index (χ3n) is 3.26. The summed E-state index contributed by atoms with van der Waals surface area (Å²) in [6, 6.07) is 8.25. The summed E-state index contributed by atoms with van der Waals surface area (Å²) in [6.07, 6.45) is -0.347. The largest absolute Gasteiger partial charge is 0.481 e. The minimum absolute atomic E-state index is 0.170. The van der Waals surface area contributed by atoms with E-state index in [1.807, 2.05) is 6.92 Å². The van der Waals surface area contributed by atoms with E-state index in [4.69, 9.17) is 16.3 Å². The summed E-state index contributed by atoms with van der Waals surface area (Å²) >= 11 is 5.95. The minimum atomic E-state index is -1.02. The van der Waals surface area contributed by atoms with Gasteiger partial charge in [-0.05, 0) is 49.2 Å². The van der Waals surface area contributed by atoms with Gasteiger partial charge in [-0.3, -0.25) is 4.79 Å². The third-order valence-corrected chi connectivity index (χ3v) is 3.68. The van der Waals surface area contributed by atoms with Crippen molar-refractivity contribution < 1.29 is 18.3 Å². The van der Waals surface area contributed by atoms with Crippen molar-refractivity contribution >= 4 is 23.2 Å². The maximum Gasteiger partial charge on any atom is 0.265 e. The topological polar surface area (TPSA) is 38.3 Å². The zero-order valence-corrected chi connectivity index (χ0v) is 13.5. The molecule has 0 aromatic heterocycles.